The zero-order chi connectivity index (χ0) is 46.5. The number of nitrogens with one attached hydrogen (secondary N) is 1. The second-order valence-corrected chi connectivity index (χ2v) is 19.3. The van der Waals surface area contributed by atoms with Crippen molar-refractivity contribution in [1.29, 1.82) is 0 Å². The maximum atomic E-state index is 12.5. The van der Waals surface area contributed by atoms with Gasteiger partial charge in [-0.15, -0.1) is 0 Å². The third kappa shape index (κ3) is 49.5. The van der Waals surface area contributed by atoms with Crippen molar-refractivity contribution in [2.24, 2.45) is 0 Å². The molecule has 0 bridgehead atoms. The van der Waals surface area contributed by atoms with Crippen LogP contribution >= 0.6 is 0 Å². The molecule has 1 amide bonds. The zero-order valence-electron chi connectivity index (χ0n) is 42.8. The summed E-state index contributed by atoms with van der Waals surface area (Å²) in [5.41, 5.74) is 0. The molecule has 0 heterocycles. The van der Waals surface area contributed by atoms with Gasteiger partial charge in [0.25, 0.3) is 0 Å². The number of ether oxygens (including phenoxy) is 1. The van der Waals surface area contributed by atoms with Gasteiger partial charge in [-0.2, -0.15) is 0 Å². The van der Waals surface area contributed by atoms with Gasteiger partial charge in [-0.05, 0) is 64.2 Å². The number of hydrogen-bond acceptors (Lipinski definition) is 5. The maximum absolute atomic E-state index is 12.5. The summed E-state index contributed by atoms with van der Waals surface area (Å²) in [5.74, 6) is -0.0904. The van der Waals surface area contributed by atoms with Crippen LogP contribution in [0.15, 0.2) is 36.5 Å². The van der Waals surface area contributed by atoms with Crippen molar-refractivity contribution in [2.75, 3.05) is 13.2 Å². The molecule has 376 valence electrons. The van der Waals surface area contributed by atoms with E-state index in [0.29, 0.717) is 19.4 Å². The SMILES string of the molecule is CCCCCC/C=C\C/C=C\CCCCCCCC(=O)OCCCCCCCCCCCCCCCCCC(=O)NC(CO)C(O)/C=C/CCCCCCCCCCCCCCCC. The third-order valence-electron chi connectivity index (χ3n) is 12.9. The Morgan fingerprint density at radius 2 is 0.781 bits per heavy atom. The van der Waals surface area contributed by atoms with Crippen LogP contribution < -0.4 is 5.32 Å². The first-order valence-corrected chi connectivity index (χ1v) is 28.3. The van der Waals surface area contributed by atoms with E-state index < -0.39 is 12.1 Å². The van der Waals surface area contributed by atoms with Crippen LogP contribution in [0.3, 0.4) is 0 Å². The second-order valence-electron chi connectivity index (χ2n) is 19.3. The zero-order valence-corrected chi connectivity index (χ0v) is 42.8. The standard InChI is InChI=1S/C58H109NO5/c1-3-5-7-9-11-13-15-17-19-22-26-30-34-38-42-46-50-56(61)55(54-60)59-57(62)51-47-43-39-35-31-27-23-21-25-29-33-37-41-45-49-53-64-58(63)52-48-44-40-36-32-28-24-20-18-16-14-12-10-8-6-4-2/h14,16,20,24,46,50,55-56,60-61H,3-13,15,17-19,21-23,25-45,47-49,51-54H2,1-2H3,(H,59,62)/b16-14-,24-20-,50-46+. The van der Waals surface area contributed by atoms with Gasteiger partial charge >= 0.3 is 5.97 Å². The first kappa shape index (κ1) is 62.1. The van der Waals surface area contributed by atoms with E-state index in [-0.39, 0.29) is 18.5 Å². The lowest BCUT2D eigenvalue weighted by atomic mass is 10.0. The van der Waals surface area contributed by atoms with Gasteiger partial charge in [0, 0.05) is 12.8 Å². The van der Waals surface area contributed by atoms with E-state index in [0.717, 1.165) is 64.2 Å². The van der Waals surface area contributed by atoms with E-state index >= 15 is 0 Å². The lowest BCUT2D eigenvalue weighted by Crippen LogP contribution is -2.45. The van der Waals surface area contributed by atoms with Crippen molar-refractivity contribution in [1.82, 2.24) is 5.32 Å². The third-order valence-corrected chi connectivity index (χ3v) is 12.9. The quantitative estimate of drug-likeness (QED) is 0.0321. The number of aliphatic hydroxyl groups excluding tert-OH is 2. The van der Waals surface area contributed by atoms with Gasteiger partial charge in [-0.1, -0.05) is 256 Å². The predicted molar refractivity (Wildman–Crippen MR) is 278 cm³/mol. The summed E-state index contributed by atoms with van der Waals surface area (Å²) in [6, 6.07) is -0.635. The molecule has 0 spiro atoms. The number of carbonyl (C=O) groups is 2. The molecule has 2 atom stereocenters. The van der Waals surface area contributed by atoms with Crippen molar-refractivity contribution in [3.05, 3.63) is 36.5 Å². The van der Waals surface area contributed by atoms with Crippen molar-refractivity contribution in [2.45, 2.75) is 309 Å². The minimum atomic E-state index is -0.851. The van der Waals surface area contributed by atoms with Crippen LogP contribution in [0.4, 0.5) is 0 Å². The maximum Gasteiger partial charge on any atom is 0.305 e. The molecular formula is C58H109NO5. The van der Waals surface area contributed by atoms with Crippen molar-refractivity contribution in [3.63, 3.8) is 0 Å². The van der Waals surface area contributed by atoms with Crippen LogP contribution in [0.5, 0.6) is 0 Å². The number of aliphatic hydroxyl groups is 2. The molecular weight excluding hydrogens is 791 g/mol. The molecule has 64 heavy (non-hydrogen) atoms. The van der Waals surface area contributed by atoms with Crippen LogP contribution in [0.1, 0.15) is 296 Å². The molecule has 0 aliphatic carbocycles. The first-order chi connectivity index (χ1) is 31.5. The Bertz CT molecular complexity index is 1040. The molecule has 0 aromatic rings. The molecule has 2 unspecified atom stereocenters. The molecule has 0 aliphatic rings. The smallest absolute Gasteiger partial charge is 0.305 e. The average Bonchev–Trinajstić information content (AvgIpc) is 3.29. The number of hydrogen-bond donors (Lipinski definition) is 3. The molecule has 0 radical (unpaired) electrons. The van der Waals surface area contributed by atoms with E-state index in [1.54, 1.807) is 6.08 Å². The summed E-state index contributed by atoms with van der Waals surface area (Å²) in [5, 5.41) is 23.1. The number of carbonyl (C=O) groups excluding carboxylic acids is 2. The van der Waals surface area contributed by atoms with E-state index in [4.69, 9.17) is 4.74 Å². The monoisotopic (exact) mass is 900 g/mol. The van der Waals surface area contributed by atoms with E-state index in [1.165, 1.54) is 205 Å². The molecule has 3 N–H and O–H groups in total. The Morgan fingerprint density at radius 3 is 1.20 bits per heavy atom. The van der Waals surface area contributed by atoms with Crippen LogP contribution in [-0.2, 0) is 14.3 Å². The molecule has 0 aromatic heterocycles. The first-order valence-electron chi connectivity index (χ1n) is 28.3. The van der Waals surface area contributed by atoms with Crippen molar-refractivity contribution >= 4 is 11.9 Å². The highest BCUT2D eigenvalue weighted by atomic mass is 16.5. The van der Waals surface area contributed by atoms with Crippen molar-refractivity contribution in [3.8, 4) is 0 Å². The fourth-order valence-electron chi connectivity index (χ4n) is 8.55. The van der Waals surface area contributed by atoms with Crippen LogP contribution in [0, 0.1) is 0 Å². The predicted octanol–water partition coefficient (Wildman–Crippen LogP) is 17.2. The average molecular weight is 901 g/mol. The molecule has 6 heteroatoms. The van der Waals surface area contributed by atoms with Gasteiger partial charge in [0.1, 0.15) is 0 Å². The van der Waals surface area contributed by atoms with Crippen molar-refractivity contribution < 1.29 is 24.5 Å². The Kier molecular flexibility index (Phi) is 52.1. The Labute approximate surface area is 398 Å². The number of rotatable bonds is 52. The fourth-order valence-corrected chi connectivity index (χ4v) is 8.55. The van der Waals surface area contributed by atoms with Gasteiger partial charge in [0.05, 0.1) is 25.4 Å². The minimum absolute atomic E-state index is 0.0141. The van der Waals surface area contributed by atoms with E-state index in [1.807, 2.05) is 6.08 Å². The highest BCUT2D eigenvalue weighted by Gasteiger charge is 2.18. The van der Waals surface area contributed by atoms with Crippen LogP contribution in [0.25, 0.3) is 0 Å². The Hall–Kier alpha value is -1.92. The largest absolute Gasteiger partial charge is 0.466 e. The number of esters is 1. The van der Waals surface area contributed by atoms with E-state index in [2.05, 4.69) is 43.5 Å². The molecule has 0 aliphatic heterocycles. The molecule has 0 rings (SSSR count). The molecule has 0 aromatic carbocycles. The van der Waals surface area contributed by atoms with Crippen LogP contribution in [0.2, 0.25) is 0 Å². The summed E-state index contributed by atoms with van der Waals surface area (Å²) in [6.45, 7) is 4.87. The topological polar surface area (TPSA) is 95.9 Å². The van der Waals surface area contributed by atoms with Gasteiger partial charge in [0.15, 0.2) is 0 Å². The van der Waals surface area contributed by atoms with Gasteiger partial charge in [-0.3, -0.25) is 9.59 Å². The Morgan fingerprint density at radius 1 is 0.438 bits per heavy atom. The summed E-state index contributed by atoms with van der Waals surface area (Å²) >= 11 is 0. The lowest BCUT2D eigenvalue weighted by Gasteiger charge is -2.20. The number of amides is 1. The highest BCUT2D eigenvalue weighted by Crippen LogP contribution is 2.16. The lowest BCUT2D eigenvalue weighted by molar-refractivity contribution is -0.143. The number of allylic oxidation sites excluding steroid dienone is 5. The normalized spacial score (nSPS) is 12.9. The fraction of sp³-hybridized carbons (Fsp3) is 0.862. The number of unbranched alkanes of at least 4 members (excludes halogenated alkanes) is 37. The molecule has 0 saturated carbocycles. The summed E-state index contributed by atoms with van der Waals surface area (Å²) < 4.78 is 5.47. The summed E-state index contributed by atoms with van der Waals surface area (Å²) in [4.78, 5) is 24.5. The van der Waals surface area contributed by atoms with Gasteiger partial charge in [0.2, 0.25) is 5.91 Å². The van der Waals surface area contributed by atoms with Gasteiger partial charge in [-0.25, -0.2) is 0 Å². The summed E-state index contributed by atoms with van der Waals surface area (Å²) in [7, 11) is 0. The van der Waals surface area contributed by atoms with Gasteiger partial charge < -0.3 is 20.3 Å². The molecule has 0 saturated heterocycles. The minimum Gasteiger partial charge on any atom is -0.466 e. The molecule has 6 nitrogen and oxygen atoms in total. The molecule has 0 fully saturated rings. The Balaban J connectivity index is 3.47. The van der Waals surface area contributed by atoms with Crippen LogP contribution in [-0.4, -0.2) is 47.4 Å². The second kappa shape index (κ2) is 53.7. The summed E-state index contributed by atoms with van der Waals surface area (Å²) in [6.07, 6.45) is 65.8. The van der Waals surface area contributed by atoms with E-state index in [9.17, 15) is 19.8 Å². The highest BCUT2D eigenvalue weighted by molar-refractivity contribution is 5.76.